The van der Waals surface area contributed by atoms with Gasteiger partial charge in [0.15, 0.2) is 0 Å². The van der Waals surface area contributed by atoms with Gasteiger partial charge in [-0.05, 0) is 42.2 Å². The Morgan fingerprint density at radius 1 is 1.00 bits per heavy atom. The lowest BCUT2D eigenvalue weighted by Crippen LogP contribution is -2.26. The van der Waals surface area contributed by atoms with Gasteiger partial charge in [-0.3, -0.25) is 4.79 Å². The molecule has 0 aromatic heterocycles. The minimum atomic E-state index is -0.963. The average molecular weight is 338 g/mol. The topological polar surface area (TPSA) is 69.6 Å². The van der Waals surface area contributed by atoms with Crippen LogP contribution in [0.2, 0.25) is 0 Å². The third kappa shape index (κ3) is 4.38. The van der Waals surface area contributed by atoms with Crippen molar-refractivity contribution in [1.29, 1.82) is 0 Å². The number of benzene rings is 2. The number of anilines is 1. The fourth-order valence-corrected chi connectivity index (χ4v) is 3.13. The Hall–Kier alpha value is -2.82. The summed E-state index contributed by atoms with van der Waals surface area (Å²) in [5.74, 6) is -1.03. The summed E-state index contributed by atoms with van der Waals surface area (Å²) in [5, 5.41) is 11.9. The lowest BCUT2D eigenvalue weighted by Gasteiger charge is -2.21. The number of carbonyl (C=O) groups excluding carboxylic acids is 1. The van der Waals surface area contributed by atoms with Gasteiger partial charge < -0.3 is 15.3 Å². The van der Waals surface area contributed by atoms with E-state index in [1.807, 2.05) is 12.1 Å². The van der Waals surface area contributed by atoms with Crippen molar-refractivity contribution in [2.45, 2.75) is 25.8 Å². The number of nitrogens with zero attached hydrogens (tertiary/aromatic N) is 1. The van der Waals surface area contributed by atoms with E-state index in [1.165, 1.54) is 30.7 Å². The summed E-state index contributed by atoms with van der Waals surface area (Å²) in [5.41, 5.74) is 3.35. The predicted molar refractivity (Wildman–Crippen MR) is 96.8 cm³/mol. The van der Waals surface area contributed by atoms with Crippen LogP contribution in [0, 0.1) is 0 Å². The second-order valence-electron chi connectivity index (χ2n) is 6.28. The number of amides is 1. The third-order valence-electron chi connectivity index (χ3n) is 4.48. The Kier molecular flexibility index (Phi) is 5.33. The summed E-state index contributed by atoms with van der Waals surface area (Å²) in [6.45, 7) is 2.64. The van der Waals surface area contributed by atoms with Crippen LogP contribution >= 0.6 is 0 Å². The lowest BCUT2D eigenvalue weighted by molar-refractivity contribution is -0.120. The van der Waals surface area contributed by atoms with Crippen LogP contribution in [0.15, 0.2) is 48.5 Å². The van der Waals surface area contributed by atoms with Crippen LogP contribution < -0.4 is 10.2 Å². The van der Waals surface area contributed by atoms with E-state index >= 15 is 0 Å². The van der Waals surface area contributed by atoms with Gasteiger partial charge in [0.2, 0.25) is 5.91 Å². The van der Waals surface area contributed by atoms with Gasteiger partial charge in [-0.2, -0.15) is 0 Å². The van der Waals surface area contributed by atoms with Gasteiger partial charge in [0.1, 0.15) is 0 Å². The summed E-state index contributed by atoms with van der Waals surface area (Å²) in [4.78, 5) is 25.4. The molecule has 2 N–H and O–H groups in total. The molecule has 0 bridgehead atoms. The van der Waals surface area contributed by atoms with Gasteiger partial charge in [-0.15, -0.1) is 0 Å². The fourth-order valence-electron chi connectivity index (χ4n) is 3.13. The van der Waals surface area contributed by atoms with Gasteiger partial charge in [-0.1, -0.05) is 30.3 Å². The molecule has 0 radical (unpaired) electrons. The first kappa shape index (κ1) is 17.0. The molecule has 1 aliphatic rings. The molecule has 2 aromatic carbocycles. The molecule has 1 saturated heterocycles. The zero-order valence-electron chi connectivity index (χ0n) is 14.1. The molecule has 1 amide bonds. The maximum Gasteiger partial charge on any atom is 0.335 e. The zero-order valence-corrected chi connectivity index (χ0v) is 14.1. The molecule has 0 unspecified atom stereocenters. The molecule has 1 heterocycles. The second-order valence-corrected chi connectivity index (χ2v) is 6.28. The average Bonchev–Trinajstić information content (AvgIpc) is 3.15. The largest absolute Gasteiger partial charge is 0.478 e. The van der Waals surface area contributed by atoms with Crippen molar-refractivity contribution >= 4 is 17.6 Å². The first-order valence-corrected chi connectivity index (χ1v) is 8.55. The number of hydrogen-bond acceptors (Lipinski definition) is 3. The first-order chi connectivity index (χ1) is 12.1. The number of carboxylic acids is 1. The number of aromatic carboxylic acids is 1. The van der Waals surface area contributed by atoms with Crippen molar-refractivity contribution in [1.82, 2.24) is 5.32 Å². The molecule has 1 fully saturated rings. The van der Waals surface area contributed by atoms with Crippen LogP contribution in [-0.2, 0) is 17.8 Å². The first-order valence-electron chi connectivity index (χ1n) is 8.55. The standard InChI is InChI=1S/C20H22N2O3/c23-19(13-15-7-9-16(10-8-15)20(24)25)21-14-17-5-1-2-6-18(17)22-11-3-4-12-22/h1-2,5-10H,3-4,11-14H2,(H,21,23)(H,24,25). The number of para-hydroxylation sites is 1. The van der Waals surface area contributed by atoms with Gasteiger partial charge in [0.05, 0.1) is 12.0 Å². The summed E-state index contributed by atoms with van der Waals surface area (Å²) >= 11 is 0. The van der Waals surface area contributed by atoms with Crippen molar-refractivity contribution in [2.75, 3.05) is 18.0 Å². The second kappa shape index (κ2) is 7.83. The van der Waals surface area contributed by atoms with Crippen molar-refractivity contribution < 1.29 is 14.7 Å². The molecule has 25 heavy (non-hydrogen) atoms. The highest BCUT2D eigenvalue weighted by atomic mass is 16.4. The molecule has 130 valence electrons. The number of hydrogen-bond donors (Lipinski definition) is 2. The van der Waals surface area contributed by atoms with Crippen LogP contribution in [0.1, 0.15) is 34.3 Å². The van der Waals surface area contributed by atoms with Gasteiger partial charge in [-0.25, -0.2) is 4.79 Å². The molecular weight excluding hydrogens is 316 g/mol. The van der Waals surface area contributed by atoms with E-state index in [9.17, 15) is 9.59 Å². The Bertz CT molecular complexity index is 750. The highest BCUT2D eigenvalue weighted by Gasteiger charge is 2.15. The molecule has 5 heteroatoms. The third-order valence-corrected chi connectivity index (χ3v) is 4.48. The number of carbonyl (C=O) groups is 2. The molecular formula is C20H22N2O3. The monoisotopic (exact) mass is 338 g/mol. The smallest absolute Gasteiger partial charge is 0.335 e. The Labute approximate surface area is 147 Å². The van der Waals surface area contributed by atoms with Crippen LogP contribution in [0.3, 0.4) is 0 Å². The summed E-state index contributed by atoms with van der Waals surface area (Å²) in [6, 6.07) is 14.6. The molecule has 0 atom stereocenters. The Balaban J connectivity index is 1.58. The normalized spacial score (nSPS) is 13.7. The molecule has 5 nitrogen and oxygen atoms in total. The van der Waals surface area contributed by atoms with Gasteiger partial charge in [0.25, 0.3) is 0 Å². The maximum absolute atomic E-state index is 12.2. The van der Waals surface area contributed by atoms with Crippen molar-refractivity contribution in [2.24, 2.45) is 0 Å². The fraction of sp³-hybridized carbons (Fsp3) is 0.300. The van der Waals surface area contributed by atoms with E-state index in [0.29, 0.717) is 6.54 Å². The van der Waals surface area contributed by atoms with Crippen LogP contribution in [-0.4, -0.2) is 30.1 Å². The molecule has 0 aliphatic carbocycles. The van der Waals surface area contributed by atoms with E-state index in [-0.39, 0.29) is 17.9 Å². The van der Waals surface area contributed by atoms with Crippen molar-refractivity contribution in [3.05, 3.63) is 65.2 Å². The molecule has 2 aromatic rings. The van der Waals surface area contributed by atoms with E-state index in [4.69, 9.17) is 5.11 Å². The van der Waals surface area contributed by atoms with Crippen molar-refractivity contribution in [3.8, 4) is 0 Å². The number of nitrogens with one attached hydrogen (secondary N) is 1. The minimum Gasteiger partial charge on any atom is -0.478 e. The van der Waals surface area contributed by atoms with E-state index < -0.39 is 5.97 Å². The Morgan fingerprint density at radius 2 is 1.68 bits per heavy atom. The van der Waals surface area contributed by atoms with Crippen LogP contribution in [0.5, 0.6) is 0 Å². The molecule has 1 aliphatic heterocycles. The maximum atomic E-state index is 12.2. The number of carboxylic acid groups (broad SMARTS) is 1. The zero-order chi connectivity index (χ0) is 17.6. The van der Waals surface area contributed by atoms with E-state index in [1.54, 1.807) is 12.1 Å². The summed E-state index contributed by atoms with van der Waals surface area (Å²) in [7, 11) is 0. The highest BCUT2D eigenvalue weighted by molar-refractivity contribution is 5.87. The van der Waals surface area contributed by atoms with Gasteiger partial charge >= 0.3 is 5.97 Å². The van der Waals surface area contributed by atoms with Crippen LogP contribution in [0.25, 0.3) is 0 Å². The van der Waals surface area contributed by atoms with E-state index in [2.05, 4.69) is 22.3 Å². The quantitative estimate of drug-likeness (QED) is 0.850. The SMILES string of the molecule is O=C(Cc1ccc(C(=O)O)cc1)NCc1ccccc1N1CCCC1. The number of rotatable bonds is 6. The van der Waals surface area contributed by atoms with Crippen LogP contribution in [0.4, 0.5) is 5.69 Å². The van der Waals surface area contributed by atoms with Gasteiger partial charge in [0, 0.05) is 25.3 Å². The minimum absolute atomic E-state index is 0.0701. The van der Waals surface area contributed by atoms with E-state index in [0.717, 1.165) is 24.2 Å². The molecule has 0 saturated carbocycles. The Morgan fingerprint density at radius 3 is 2.36 bits per heavy atom. The van der Waals surface area contributed by atoms with Crippen molar-refractivity contribution in [3.63, 3.8) is 0 Å². The predicted octanol–water partition coefficient (Wildman–Crippen LogP) is 2.84. The molecule has 3 rings (SSSR count). The lowest BCUT2D eigenvalue weighted by atomic mass is 10.1. The summed E-state index contributed by atoms with van der Waals surface area (Å²) < 4.78 is 0. The highest BCUT2D eigenvalue weighted by Crippen LogP contribution is 2.24. The molecule has 0 spiro atoms. The summed E-state index contributed by atoms with van der Waals surface area (Å²) in [6.07, 6.45) is 2.67.